The van der Waals surface area contributed by atoms with Gasteiger partial charge in [0.15, 0.2) is 0 Å². The number of carboxylic acids is 1. The van der Waals surface area contributed by atoms with Gasteiger partial charge in [-0.2, -0.15) is 0 Å². The van der Waals surface area contributed by atoms with Gasteiger partial charge in [-0.3, -0.25) is 9.59 Å². The average molecular weight is 494 g/mol. The number of aromatic nitrogens is 3. The number of carbonyl (C=O) groups excluding carboxylic acids is 1. The zero-order chi connectivity index (χ0) is 26.0. The second-order valence-electron chi connectivity index (χ2n) is 9.77. The highest BCUT2D eigenvalue weighted by Crippen LogP contribution is 2.28. The van der Waals surface area contributed by atoms with Crippen molar-refractivity contribution in [3.8, 4) is 5.75 Å². The Labute approximate surface area is 214 Å². The fraction of sp³-hybridized carbons (Fsp3) is 0.200. The van der Waals surface area contributed by atoms with Crippen LogP contribution < -0.4 is 4.74 Å². The van der Waals surface area contributed by atoms with Crippen molar-refractivity contribution in [1.29, 1.82) is 0 Å². The smallest absolute Gasteiger partial charge is 0.309 e. The van der Waals surface area contributed by atoms with E-state index >= 15 is 0 Å². The lowest BCUT2D eigenvalue weighted by Crippen LogP contribution is -2.27. The number of rotatable bonds is 9. The average Bonchev–Trinajstić information content (AvgIpc) is 3.22. The van der Waals surface area contributed by atoms with Gasteiger partial charge < -0.3 is 14.4 Å². The van der Waals surface area contributed by atoms with E-state index < -0.39 is 11.4 Å². The molecule has 2 heterocycles. The van der Waals surface area contributed by atoms with Crippen molar-refractivity contribution in [3.63, 3.8) is 0 Å². The van der Waals surface area contributed by atoms with Gasteiger partial charge in [0.05, 0.1) is 27.7 Å². The summed E-state index contributed by atoms with van der Waals surface area (Å²) < 4.78 is 8.07. The third-order valence-corrected chi connectivity index (χ3v) is 6.48. The number of imidazole rings is 1. The molecular weight excluding hydrogens is 466 g/mol. The highest BCUT2D eigenvalue weighted by atomic mass is 16.5. The molecular formula is C30H27N3O4. The maximum absolute atomic E-state index is 11.8. The Hall–Kier alpha value is -4.52. The molecule has 0 aliphatic rings. The van der Waals surface area contributed by atoms with Gasteiger partial charge in [-0.25, -0.2) is 9.97 Å². The molecule has 37 heavy (non-hydrogen) atoms. The highest BCUT2D eigenvalue weighted by Gasteiger charge is 2.30. The third-order valence-electron chi connectivity index (χ3n) is 6.48. The SMILES string of the molecule is CC(C)(Cc1nc2cc(OCc3ccc4ccccc4n3)ccc2n1Cc1ccc(C=O)cc1)C(=O)O. The lowest BCUT2D eigenvalue weighted by molar-refractivity contribution is -0.146. The first-order chi connectivity index (χ1) is 17.8. The summed E-state index contributed by atoms with van der Waals surface area (Å²) in [5.74, 6) is 0.454. The van der Waals surface area contributed by atoms with Gasteiger partial charge >= 0.3 is 5.97 Å². The van der Waals surface area contributed by atoms with Crippen LogP contribution in [-0.2, 0) is 24.4 Å². The first kappa shape index (κ1) is 24.2. The number of ether oxygens (including phenoxy) is 1. The topological polar surface area (TPSA) is 94.3 Å². The van der Waals surface area contributed by atoms with Gasteiger partial charge in [-0.1, -0.05) is 48.5 Å². The maximum Gasteiger partial charge on any atom is 0.309 e. The summed E-state index contributed by atoms with van der Waals surface area (Å²) in [6, 6.07) is 25.0. The minimum Gasteiger partial charge on any atom is -0.487 e. The van der Waals surface area contributed by atoms with Crippen LogP contribution in [0, 0.1) is 5.41 Å². The molecule has 2 aromatic heterocycles. The third kappa shape index (κ3) is 5.21. The van der Waals surface area contributed by atoms with E-state index in [1.54, 1.807) is 26.0 Å². The molecule has 0 saturated heterocycles. The molecule has 5 rings (SSSR count). The number of benzene rings is 3. The fourth-order valence-electron chi connectivity index (χ4n) is 4.26. The fourth-order valence-corrected chi connectivity index (χ4v) is 4.26. The normalized spacial score (nSPS) is 11.6. The summed E-state index contributed by atoms with van der Waals surface area (Å²) in [7, 11) is 0. The minimum atomic E-state index is -0.985. The van der Waals surface area contributed by atoms with E-state index in [4.69, 9.17) is 9.72 Å². The first-order valence-electron chi connectivity index (χ1n) is 12.1. The van der Waals surface area contributed by atoms with Crippen LogP contribution in [0.5, 0.6) is 5.75 Å². The summed E-state index contributed by atoms with van der Waals surface area (Å²) >= 11 is 0. The van der Waals surface area contributed by atoms with Crippen molar-refractivity contribution in [1.82, 2.24) is 14.5 Å². The van der Waals surface area contributed by atoms with Crippen LogP contribution >= 0.6 is 0 Å². The van der Waals surface area contributed by atoms with E-state index in [1.165, 1.54) is 0 Å². The summed E-state index contributed by atoms with van der Waals surface area (Å²) in [5.41, 5.74) is 3.96. The molecule has 0 unspecified atom stereocenters. The zero-order valence-electron chi connectivity index (χ0n) is 20.7. The van der Waals surface area contributed by atoms with Crippen LogP contribution in [0.2, 0.25) is 0 Å². The highest BCUT2D eigenvalue weighted by molar-refractivity contribution is 5.80. The molecule has 3 aromatic carbocycles. The van der Waals surface area contributed by atoms with Crippen LogP contribution in [0.4, 0.5) is 0 Å². The molecule has 0 saturated carbocycles. The molecule has 0 aliphatic carbocycles. The van der Waals surface area contributed by atoms with Crippen LogP contribution in [0.1, 0.15) is 41.3 Å². The quantitative estimate of drug-likeness (QED) is 0.266. The van der Waals surface area contributed by atoms with E-state index in [0.717, 1.165) is 39.5 Å². The Morgan fingerprint density at radius 3 is 2.51 bits per heavy atom. The Morgan fingerprint density at radius 1 is 0.973 bits per heavy atom. The van der Waals surface area contributed by atoms with Crippen LogP contribution in [-0.4, -0.2) is 31.9 Å². The summed E-state index contributed by atoms with van der Waals surface area (Å²) in [6.45, 7) is 4.22. The van der Waals surface area contributed by atoms with Crippen molar-refractivity contribution in [2.24, 2.45) is 5.41 Å². The van der Waals surface area contributed by atoms with Gasteiger partial charge in [0.2, 0.25) is 0 Å². The van der Waals surface area contributed by atoms with Gasteiger partial charge in [0.25, 0.3) is 0 Å². The molecule has 0 aliphatic heterocycles. The Kier molecular flexibility index (Phi) is 6.44. The number of aliphatic carboxylic acids is 1. The number of aldehydes is 1. The number of hydrogen-bond acceptors (Lipinski definition) is 5. The molecule has 0 radical (unpaired) electrons. The standard InChI is InChI=1S/C30H27N3O4/c1-30(2,29(35)36)16-28-32-26-15-24(37-19-23-12-11-22-5-3-4-6-25(22)31-23)13-14-27(26)33(28)17-20-7-9-21(18-34)10-8-20/h3-15,18H,16-17,19H2,1-2H3,(H,35,36). The van der Waals surface area contributed by atoms with Crippen LogP contribution in [0.15, 0.2) is 78.9 Å². The van der Waals surface area contributed by atoms with E-state index in [1.807, 2.05) is 71.3 Å². The minimum absolute atomic E-state index is 0.265. The van der Waals surface area contributed by atoms with Gasteiger partial charge in [0.1, 0.15) is 24.5 Å². The Balaban J connectivity index is 1.44. The summed E-state index contributed by atoms with van der Waals surface area (Å²) in [6.07, 6.45) is 1.08. The number of hydrogen-bond donors (Lipinski definition) is 1. The van der Waals surface area contributed by atoms with Crippen molar-refractivity contribution in [2.75, 3.05) is 0 Å². The van der Waals surface area contributed by atoms with Crippen molar-refractivity contribution in [3.05, 3.63) is 102 Å². The monoisotopic (exact) mass is 493 g/mol. The van der Waals surface area contributed by atoms with Crippen LogP contribution in [0.25, 0.3) is 21.9 Å². The molecule has 186 valence electrons. The predicted octanol–water partition coefficient (Wildman–Crippen LogP) is 5.68. The van der Waals surface area contributed by atoms with E-state index in [2.05, 4.69) is 4.98 Å². The second kappa shape index (κ2) is 9.85. The zero-order valence-corrected chi connectivity index (χ0v) is 20.7. The number of nitrogens with zero attached hydrogens (tertiary/aromatic N) is 3. The molecule has 0 fully saturated rings. The number of fused-ring (bicyclic) bond motifs is 2. The number of carboxylic acid groups (broad SMARTS) is 1. The van der Waals surface area contributed by atoms with E-state index in [-0.39, 0.29) is 6.42 Å². The molecule has 0 bridgehead atoms. The molecule has 0 atom stereocenters. The Morgan fingerprint density at radius 2 is 1.76 bits per heavy atom. The van der Waals surface area contributed by atoms with Crippen molar-refractivity contribution in [2.45, 2.75) is 33.4 Å². The summed E-state index contributed by atoms with van der Waals surface area (Å²) in [5, 5.41) is 10.8. The predicted molar refractivity (Wildman–Crippen MR) is 142 cm³/mol. The summed E-state index contributed by atoms with van der Waals surface area (Å²) in [4.78, 5) is 32.4. The van der Waals surface area contributed by atoms with Crippen molar-refractivity contribution < 1.29 is 19.4 Å². The lowest BCUT2D eigenvalue weighted by Gasteiger charge is -2.19. The molecule has 7 nitrogen and oxygen atoms in total. The van der Waals surface area contributed by atoms with Crippen LogP contribution in [0.3, 0.4) is 0 Å². The maximum atomic E-state index is 11.8. The number of carbonyl (C=O) groups is 2. The van der Waals surface area contributed by atoms with Gasteiger partial charge in [0, 0.05) is 30.0 Å². The number of pyridine rings is 1. The molecule has 5 aromatic rings. The molecule has 1 N–H and O–H groups in total. The van der Waals surface area contributed by atoms with Crippen molar-refractivity contribution >= 4 is 34.2 Å². The van der Waals surface area contributed by atoms with Gasteiger partial charge in [-0.15, -0.1) is 0 Å². The molecule has 0 amide bonds. The number of para-hydroxylation sites is 1. The largest absolute Gasteiger partial charge is 0.487 e. The first-order valence-corrected chi connectivity index (χ1v) is 12.1. The van der Waals surface area contributed by atoms with E-state index in [9.17, 15) is 14.7 Å². The molecule has 7 heteroatoms. The Bertz CT molecular complexity index is 1600. The van der Waals surface area contributed by atoms with E-state index in [0.29, 0.717) is 30.3 Å². The van der Waals surface area contributed by atoms with Gasteiger partial charge in [-0.05, 0) is 43.7 Å². The molecule has 0 spiro atoms. The lowest BCUT2D eigenvalue weighted by atomic mass is 9.89. The second-order valence-corrected chi connectivity index (χ2v) is 9.77.